The zero-order valence-electron chi connectivity index (χ0n) is 21.7. The molecule has 3 rings (SSSR count). The van der Waals surface area contributed by atoms with Crippen LogP contribution in [-0.4, -0.2) is 40.8 Å². The van der Waals surface area contributed by atoms with Gasteiger partial charge in [0.2, 0.25) is 0 Å². The van der Waals surface area contributed by atoms with E-state index in [9.17, 15) is 4.79 Å². The minimum absolute atomic E-state index is 0.00161. The Morgan fingerprint density at radius 2 is 2.06 bits per heavy atom. The summed E-state index contributed by atoms with van der Waals surface area (Å²) < 4.78 is 0. The molecular weight excluding hydrogens is 426 g/mol. The molecule has 1 fully saturated rings. The molecule has 5 atom stereocenters. The zero-order chi connectivity index (χ0) is 23.8. The van der Waals surface area contributed by atoms with Crippen LogP contribution in [0.1, 0.15) is 86.0 Å². The molecule has 0 spiro atoms. The van der Waals surface area contributed by atoms with Crippen LogP contribution in [0.2, 0.25) is 0 Å². The van der Waals surface area contributed by atoms with Crippen molar-refractivity contribution in [2.45, 2.75) is 91.2 Å². The molecule has 3 aliphatic rings. The van der Waals surface area contributed by atoms with Crippen LogP contribution in [0, 0.1) is 29.1 Å². The molecule has 5 heteroatoms. The third-order valence-electron chi connectivity index (χ3n) is 8.51. The van der Waals surface area contributed by atoms with Gasteiger partial charge in [0.1, 0.15) is 0 Å². The lowest BCUT2D eigenvalue weighted by Crippen LogP contribution is -2.45. The van der Waals surface area contributed by atoms with Gasteiger partial charge in [-0.05, 0) is 61.0 Å². The Balaban J connectivity index is 1.61. The zero-order valence-corrected chi connectivity index (χ0v) is 22.5. The molecule has 2 aliphatic carbocycles. The van der Waals surface area contributed by atoms with E-state index in [1.165, 1.54) is 31.4 Å². The maximum atomic E-state index is 13.2. The van der Waals surface area contributed by atoms with Crippen molar-refractivity contribution >= 4 is 23.5 Å². The number of carbonyl (C=O) groups excluding carboxylic acids is 1. The van der Waals surface area contributed by atoms with Crippen molar-refractivity contribution in [1.82, 2.24) is 10.3 Å². The van der Waals surface area contributed by atoms with Gasteiger partial charge >= 0.3 is 6.03 Å². The molecule has 4 nitrogen and oxygen atoms in total. The fourth-order valence-corrected chi connectivity index (χ4v) is 6.95. The number of rotatable bonds is 10. The molecule has 0 saturated heterocycles. The molecule has 0 aromatic heterocycles. The number of hydrogen-bond donors (Lipinski definition) is 1. The van der Waals surface area contributed by atoms with Crippen LogP contribution >= 0.6 is 11.8 Å². The predicted octanol–water partition coefficient (Wildman–Crippen LogP) is 7.28. The summed E-state index contributed by atoms with van der Waals surface area (Å²) in [4.78, 5) is 13.2. The lowest BCUT2D eigenvalue weighted by molar-refractivity contribution is 0.0606. The number of nitrogens with one attached hydrogen (secondary N) is 1. The lowest BCUT2D eigenvalue weighted by Gasteiger charge is -2.45. The number of amides is 2. The standard InChI is InChI=1S/C28H47N3OS/c1-6-8-15-25-23(18-22-13-9-10-16-26(22)33-7-2)20-31(30-25)27(32)29-19-24-14-11-12-17-28(24,5)21(3)4/h9-10,13,16,21-24,26H,6-8,11-12,14-15,17-20H2,1-5H3,(H,29,32)/t22-,23?,24?,26?,28-/m1/s1. The average Bonchev–Trinajstić information content (AvgIpc) is 3.21. The molecule has 3 unspecified atom stereocenters. The van der Waals surface area contributed by atoms with Crippen molar-refractivity contribution in [2.75, 3.05) is 18.8 Å². The van der Waals surface area contributed by atoms with Gasteiger partial charge in [0.05, 0.1) is 6.54 Å². The first-order chi connectivity index (χ1) is 15.9. The number of unbranched alkanes of at least 4 members (excludes halogenated alkanes) is 1. The number of nitrogens with zero attached hydrogens (tertiary/aromatic N) is 2. The molecule has 0 radical (unpaired) electrons. The van der Waals surface area contributed by atoms with Gasteiger partial charge in [0.25, 0.3) is 0 Å². The number of allylic oxidation sites excluding steroid dienone is 3. The van der Waals surface area contributed by atoms with E-state index in [-0.39, 0.29) is 6.03 Å². The second kappa shape index (κ2) is 12.5. The predicted molar refractivity (Wildman–Crippen MR) is 144 cm³/mol. The fourth-order valence-electron chi connectivity index (χ4n) is 5.92. The van der Waals surface area contributed by atoms with E-state index in [1.807, 2.05) is 11.8 Å². The van der Waals surface area contributed by atoms with Crippen LogP contribution in [0.25, 0.3) is 0 Å². The molecule has 1 heterocycles. The Labute approximate surface area is 207 Å². The van der Waals surface area contributed by atoms with Crippen molar-refractivity contribution in [3.8, 4) is 0 Å². The monoisotopic (exact) mass is 473 g/mol. The van der Waals surface area contributed by atoms with E-state index in [0.29, 0.717) is 34.3 Å². The Bertz CT molecular complexity index is 731. The summed E-state index contributed by atoms with van der Waals surface area (Å²) in [5, 5.41) is 10.4. The molecular formula is C28H47N3OS. The molecule has 0 aromatic rings. The summed E-state index contributed by atoms with van der Waals surface area (Å²) in [5.74, 6) is 3.23. The first kappa shape index (κ1) is 26.4. The first-order valence-electron chi connectivity index (χ1n) is 13.5. The normalized spacial score (nSPS) is 31.8. The van der Waals surface area contributed by atoms with Gasteiger partial charge in [-0.3, -0.25) is 0 Å². The van der Waals surface area contributed by atoms with Crippen molar-refractivity contribution in [2.24, 2.45) is 34.2 Å². The highest BCUT2D eigenvalue weighted by Gasteiger charge is 2.39. The summed E-state index contributed by atoms with van der Waals surface area (Å²) in [7, 11) is 0. The summed E-state index contributed by atoms with van der Waals surface area (Å²) >= 11 is 2.02. The van der Waals surface area contributed by atoms with E-state index in [4.69, 9.17) is 5.10 Å². The summed E-state index contributed by atoms with van der Waals surface area (Å²) in [6.45, 7) is 13.1. The Morgan fingerprint density at radius 1 is 1.27 bits per heavy atom. The van der Waals surface area contributed by atoms with Crippen LogP contribution in [0.15, 0.2) is 29.4 Å². The molecule has 1 saturated carbocycles. The van der Waals surface area contributed by atoms with Crippen LogP contribution < -0.4 is 5.32 Å². The minimum Gasteiger partial charge on any atom is -0.336 e. The van der Waals surface area contributed by atoms with E-state index in [1.54, 1.807) is 5.01 Å². The third kappa shape index (κ3) is 6.68. The number of thioether (sulfide) groups is 1. The Kier molecular flexibility index (Phi) is 9.96. The molecule has 0 bridgehead atoms. The number of hydrazone groups is 1. The Morgan fingerprint density at radius 3 is 2.79 bits per heavy atom. The van der Waals surface area contributed by atoms with Crippen molar-refractivity contribution in [1.29, 1.82) is 0 Å². The Hall–Kier alpha value is -1.23. The quantitative estimate of drug-likeness (QED) is 0.362. The highest BCUT2D eigenvalue weighted by Crippen LogP contribution is 2.46. The maximum Gasteiger partial charge on any atom is 0.337 e. The molecule has 2 amide bonds. The van der Waals surface area contributed by atoms with E-state index in [2.05, 4.69) is 64.2 Å². The summed E-state index contributed by atoms with van der Waals surface area (Å²) in [6.07, 6.45) is 18.6. The fraction of sp³-hybridized carbons (Fsp3) is 0.786. The van der Waals surface area contributed by atoms with E-state index < -0.39 is 0 Å². The molecule has 33 heavy (non-hydrogen) atoms. The number of carbonyl (C=O) groups is 1. The van der Waals surface area contributed by atoms with Gasteiger partial charge in [-0.15, -0.1) is 0 Å². The van der Waals surface area contributed by atoms with Crippen molar-refractivity contribution in [3.63, 3.8) is 0 Å². The highest BCUT2D eigenvalue weighted by molar-refractivity contribution is 8.00. The van der Waals surface area contributed by atoms with E-state index in [0.717, 1.165) is 44.5 Å². The maximum absolute atomic E-state index is 13.2. The molecule has 186 valence electrons. The highest BCUT2D eigenvalue weighted by atomic mass is 32.2. The first-order valence-corrected chi connectivity index (χ1v) is 14.5. The van der Waals surface area contributed by atoms with Gasteiger partial charge in [-0.1, -0.05) is 78.2 Å². The van der Waals surface area contributed by atoms with Crippen LogP contribution in [-0.2, 0) is 0 Å². The van der Waals surface area contributed by atoms with Crippen molar-refractivity contribution in [3.05, 3.63) is 24.3 Å². The lowest BCUT2D eigenvalue weighted by atomic mass is 9.62. The average molecular weight is 474 g/mol. The SMILES string of the molecule is CCCCC1=NN(C(=O)NCC2CCCC[C@]2(C)C(C)C)CC1C[C@H]1C=CC=CC1SCC. The van der Waals surface area contributed by atoms with E-state index >= 15 is 0 Å². The third-order valence-corrected chi connectivity index (χ3v) is 9.74. The molecule has 1 N–H and O–H groups in total. The largest absolute Gasteiger partial charge is 0.337 e. The van der Waals surface area contributed by atoms with Crippen molar-refractivity contribution < 1.29 is 4.79 Å². The van der Waals surface area contributed by atoms with Crippen LogP contribution in [0.3, 0.4) is 0 Å². The molecule has 0 aromatic carbocycles. The van der Waals surface area contributed by atoms with Crippen LogP contribution in [0.5, 0.6) is 0 Å². The number of hydrogen-bond acceptors (Lipinski definition) is 3. The second-order valence-corrected chi connectivity index (χ2v) is 12.3. The van der Waals surface area contributed by atoms with Gasteiger partial charge in [0.15, 0.2) is 0 Å². The number of urea groups is 1. The topological polar surface area (TPSA) is 44.7 Å². The van der Waals surface area contributed by atoms with Gasteiger partial charge in [-0.2, -0.15) is 16.9 Å². The van der Waals surface area contributed by atoms with Gasteiger partial charge in [-0.25, -0.2) is 9.80 Å². The minimum atomic E-state index is 0.00161. The smallest absolute Gasteiger partial charge is 0.336 e. The van der Waals surface area contributed by atoms with Gasteiger partial charge in [0, 0.05) is 23.4 Å². The van der Waals surface area contributed by atoms with Gasteiger partial charge < -0.3 is 5.32 Å². The molecule has 1 aliphatic heterocycles. The summed E-state index contributed by atoms with van der Waals surface area (Å²) in [5.41, 5.74) is 1.56. The second-order valence-electron chi connectivity index (χ2n) is 10.9. The van der Waals surface area contributed by atoms with Crippen LogP contribution in [0.4, 0.5) is 4.79 Å². The summed E-state index contributed by atoms with van der Waals surface area (Å²) in [6, 6.07) is 0.00161.